The molecule has 3 rings (SSSR count). The van der Waals surface area contributed by atoms with Crippen LogP contribution in [-0.2, 0) is 17.8 Å². The van der Waals surface area contributed by atoms with Gasteiger partial charge in [0.05, 0.1) is 12.0 Å². The van der Waals surface area contributed by atoms with E-state index in [4.69, 9.17) is 4.74 Å². The number of rotatable bonds is 5. The van der Waals surface area contributed by atoms with E-state index in [0.717, 1.165) is 21.5 Å². The number of benzene rings is 1. The van der Waals surface area contributed by atoms with Crippen LogP contribution in [0.1, 0.15) is 27.7 Å². The molecule has 0 aliphatic rings. The van der Waals surface area contributed by atoms with Gasteiger partial charge in [-0.3, -0.25) is 15.0 Å². The van der Waals surface area contributed by atoms with Crippen molar-refractivity contribution in [2.75, 3.05) is 12.5 Å². The van der Waals surface area contributed by atoms with Crippen molar-refractivity contribution in [2.24, 2.45) is 0 Å². The predicted octanol–water partition coefficient (Wildman–Crippen LogP) is 2.55. The fourth-order valence-electron chi connectivity index (χ4n) is 2.37. The number of carbonyl (C=O) groups is 1. The second-order valence-corrected chi connectivity index (χ2v) is 6.39. The molecule has 0 saturated heterocycles. The maximum Gasteiger partial charge on any atom is 0.280 e. The zero-order valence-electron chi connectivity index (χ0n) is 13.4. The summed E-state index contributed by atoms with van der Waals surface area (Å²) >= 11 is 1.49. The summed E-state index contributed by atoms with van der Waals surface area (Å²) < 4.78 is 6.19. The number of aromatic nitrogens is 2. The summed E-state index contributed by atoms with van der Waals surface area (Å²) in [6, 6.07) is 8.90. The number of ether oxygens (including phenoxy) is 1. The minimum Gasteiger partial charge on any atom is -0.380 e. The zero-order chi connectivity index (χ0) is 17.1. The normalized spacial score (nSPS) is 10.9. The molecule has 1 N–H and O–H groups in total. The van der Waals surface area contributed by atoms with E-state index >= 15 is 0 Å². The van der Waals surface area contributed by atoms with Gasteiger partial charge in [0.15, 0.2) is 0 Å². The van der Waals surface area contributed by atoms with Crippen LogP contribution in [0.15, 0.2) is 41.5 Å². The highest BCUT2D eigenvalue weighted by molar-refractivity contribution is 7.18. The molecule has 124 valence electrons. The van der Waals surface area contributed by atoms with Crippen molar-refractivity contribution in [1.29, 1.82) is 0 Å². The average molecular weight is 343 g/mol. The number of hydrogen-bond acceptors (Lipinski definition) is 5. The molecule has 7 heteroatoms. The number of nitrogens with zero attached hydrogens (tertiary/aromatic N) is 2. The Balaban J connectivity index is 1.89. The molecular formula is C17H17N3O3S. The number of fused-ring (bicyclic) bond motifs is 1. The minimum absolute atomic E-state index is 0.280. The Morgan fingerprint density at radius 1 is 1.38 bits per heavy atom. The molecule has 0 atom stereocenters. The van der Waals surface area contributed by atoms with Crippen LogP contribution in [0.3, 0.4) is 0 Å². The maximum absolute atomic E-state index is 12.5. The molecule has 24 heavy (non-hydrogen) atoms. The standard InChI is InChI=1S/C17H17N3O3S/c1-3-13-8-14-16(24-13)18-10-20(17(14)22)19-15(21)12-6-4-5-11(7-12)9-23-2/h4-8,10H,3,9H2,1-2H3,(H,19,21). The Morgan fingerprint density at radius 3 is 2.96 bits per heavy atom. The Kier molecular flexibility index (Phi) is 4.73. The average Bonchev–Trinajstić information content (AvgIpc) is 3.02. The second-order valence-electron chi connectivity index (χ2n) is 5.28. The molecule has 0 spiro atoms. The van der Waals surface area contributed by atoms with Gasteiger partial charge in [-0.15, -0.1) is 11.3 Å². The van der Waals surface area contributed by atoms with Gasteiger partial charge in [-0.25, -0.2) is 9.66 Å². The summed E-state index contributed by atoms with van der Waals surface area (Å²) in [6.45, 7) is 2.45. The van der Waals surface area contributed by atoms with Crippen molar-refractivity contribution in [3.05, 3.63) is 63.0 Å². The molecule has 0 saturated carbocycles. The summed E-state index contributed by atoms with van der Waals surface area (Å²) in [7, 11) is 1.60. The molecule has 0 aliphatic carbocycles. The first kappa shape index (κ1) is 16.4. The topological polar surface area (TPSA) is 73.2 Å². The van der Waals surface area contributed by atoms with Crippen molar-refractivity contribution >= 4 is 27.5 Å². The highest BCUT2D eigenvalue weighted by Crippen LogP contribution is 2.20. The van der Waals surface area contributed by atoms with Crippen LogP contribution in [0.25, 0.3) is 10.2 Å². The quantitative estimate of drug-likeness (QED) is 0.773. The molecule has 1 aromatic carbocycles. The van der Waals surface area contributed by atoms with Gasteiger partial charge in [0, 0.05) is 17.6 Å². The Bertz CT molecular complexity index is 946. The van der Waals surface area contributed by atoms with Crippen LogP contribution < -0.4 is 11.0 Å². The van der Waals surface area contributed by atoms with E-state index in [2.05, 4.69) is 10.4 Å². The van der Waals surface area contributed by atoms with Gasteiger partial charge >= 0.3 is 0 Å². The molecule has 0 bridgehead atoms. The van der Waals surface area contributed by atoms with E-state index in [1.165, 1.54) is 17.7 Å². The van der Waals surface area contributed by atoms with Crippen LogP contribution in [0.4, 0.5) is 0 Å². The summed E-state index contributed by atoms with van der Waals surface area (Å²) in [6.07, 6.45) is 2.19. The smallest absolute Gasteiger partial charge is 0.280 e. The highest BCUT2D eigenvalue weighted by Gasteiger charge is 2.11. The van der Waals surface area contributed by atoms with E-state index in [1.54, 1.807) is 25.3 Å². The lowest BCUT2D eigenvalue weighted by atomic mass is 10.1. The van der Waals surface area contributed by atoms with E-state index in [9.17, 15) is 9.59 Å². The molecule has 2 aromatic heterocycles. The van der Waals surface area contributed by atoms with Gasteiger partial charge in [0.1, 0.15) is 11.2 Å². The fourth-order valence-corrected chi connectivity index (χ4v) is 3.30. The molecular weight excluding hydrogens is 326 g/mol. The van der Waals surface area contributed by atoms with Gasteiger partial charge in [0.25, 0.3) is 11.5 Å². The lowest BCUT2D eigenvalue weighted by Gasteiger charge is -2.08. The van der Waals surface area contributed by atoms with E-state index in [-0.39, 0.29) is 11.5 Å². The highest BCUT2D eigenvalue weighted by atomic mass is 32.1. The number of nitrogens with one attached hydrogen (secondary N) is 1. The largest absolute Gasteiger partial charge is 0.380 e. The third kappa shape index (κ3) is 3.22. The molecule has 3 aromatic rings. The van der Waals surface area contributed by atoms with Crippen LogP contribution in [-0.4, -0.2) is 22.7 Å². The van der Waals surface area contributed by atoms with E-state index in [1.807, 2.05) is 19.1 Å². The first-order valence-electron chi connectivity index (χ1n) is 7.51. The van der Waals surface area contributed by atoms with E-state index in [0.29, 0.717) is 22.4 Å². The molecule has 0 unspecified atom stereocenters. The lowest BCUT2D eigenvalue weighted by Crippen LogP contribution is -2.33. The van der Waals surface area contributed by atoms with E-state index < -0.39 is 0 Å². The first-order chi connectivity index (χ1) is 11.6. The third-order valence-corrected chi connectivity index (χ3v) is 4.76. The van der Waals surface area contributed by atoms with Crippen molar-refractivity contribution in [3.8, 4) is 0 Å². The van der Waals surface area contributed by atoms with Gasteiger partial charge in [0.2, 0.25) is 0 Å². The zero-order valence-corrected chi connectivity index (χ0v) is 14.2. The van der Waals surface area contributed by atoms with Crippen molar-refractivity contribution < 1.29 is 9.53 Å². The number of amides is 1. The number of methoxy groups -OCH3 is 1. The molecule has 0 fully saturated rings. The number of hydrogen-bond donors (Lipinski definition) is 1. The SMILES string of the molecule is CCc1cc2c(=O)n(NC(=O)c3cccc(COC)c3)cnc2s1. The van der Waals surface area contributed by atoms with Crippen LogP contribution >= 0.6 is 11.3 Å². The maximum atomic E-state index is 12.5. The third-order valence-electron chi connectivity index (χ3n) is 3.57. The Hall–Kier alpha value is -2.51. The second kappa shape index (κ2) is 6.94. The van der Waals surface area contributed by atoms with Gasteiger partial charge in [-0.05, 0) is 30.2 Å². The monoisotopic (exact) mass is 343 g/mol. The summed E-state index contributed by atoms with van der Waals surface area (Å²) in [5.41, 5.74) is 3.64. The van der Waals surface area contributed by atoms with Crippen LogP contribution in [0.5, 0.6) is 0 Å². The predicted molar refractivity (Wildman–Crippen MR) is 94.1 cm³/mol. The molecule has 6 nitrogen and oxygen atoms in total. The summed E-state index contributed by atoms with van der Waals surface area (Å²) in [4.78, 5) is 30.9. The van der Waals surface area contributed by atoms with Gasteiger partial charge in [-0.2, -0.15) is 0 Å². The molecule has 0 radical (unpaired) electrons. The fraction of sp³-hybridized carbons (Fsp3) is 0.235. The Labute approximate surface area is 142 Å². The molecule has 1 amide bonds. The number of carbonyl (C=O) groups excluding carboxylic acids is 1. The van der Waals surface area contributed by atoms with Crippen molar-refractivity contribution in [2.45, 2.75) is 20.0 Å². The number of thiophene rings is 1. The van der Waals surface area contributed by atoms with Crippen LogP contribution in [0, 0.1) is 0 Å². The first-order valence-corrected chi connectivity index (χ1v) is 8.33. The minimum atomic E-state index is -0.373. The van der Waals surface area contributed by atoms with Gasteiger partial charge < -0.3 is 4.74 Å². The number of aryl methyl sites for hydroxylation is 1. The van der Waals surface area contributed by atoms with Crippen molar-refractivity contribution in [1.82, 2.24) is 9.66 Å². The van der Waals surface area contributed by atoms with Gasteiger partial charge in [-0.1, -0.05) is 19.1 Å². The van der Waals surface area contributed by atoms with Crippen LogP contribution in [0.2, 0.25) is 0 Å². The Morgan fingerprint density at radius 2 is 2.21 bits per heavy atom. The summed E-state index contributed by atoms with van der Waals surface area (Å²) in [5.74, 6) is -0.373. The molecule has 2 heterocycles. The summed E-state index contributed by atoms with van der Waals surface area (Å²) in [5, 5.41) is 0.521. The van der Waals surface area contributed by atoms with Crippen molar-refractivity contribution in [3.63, 3.8) is 0 Å². The lowest BCUT2D eigenvalue weighted by molar-refractivity contribution is 0.101. The molecule has 0 aliphatic heterocycles.